The van der Waals surface area contributed by atoms with Gasteiger partial charge in [-0.15, -0.1) is 0 Å². The molecular weight excluding hydrogens is 939 g/mol. The molecule has 7 heterocycles. The zero-order valence-corrected chi connectivity index (χ0v) is 43.5. The van der Waals surface area contributed by atoms with Crippen molar-refractivity contribution in [2.75, 3.05) is 90.5 Å². The lowest BCUT2D eigenvalue weighted by Crippen LogP contribution is -2.51. The van der Waals surface area contributed by atoms with Crippen molar-refractivity contribution in [3.63, 3.8) is 0 Å². The molecule has 0 aromatic heterocycles. The Morgan fingerprint density at radius 3 is 2.27 bits per heavy atom. The van der Waals surface area contributed by atoms with Gasteiger partial charge in [0, 0.05) is 127 Å². The highest BCUT2D eigenvalue weighted by molar-refractivity contribution is 6.21. The summed E-state index contributed by atoms with van der Waals surface area (Å²) in [5.74, 6) is -5.82. The van der Waals surface area contributed by atoms with Crippen molar-refractivity contribution in [1.29, 1.82) is 0 Å². The van der Waals surface area contributed by atoms with Gasteiger partial charge in [0.2, 0.25) is 5.91 Å². The number of carbonyl (C=O) groups is 4. The van der Waals surface area contributed by atoms with Crippen LogP contribution in [0.25, 0.3) is 10.8 Å². The standard InChI is InChI=1S/C54H75N7O12/c1-32(2)31-60-16-14-54(15-17-60)56-45-42-43-48(66)36(6)50-44(42)51(68)53(7,73-50)71-26-9-8-13-39(72-41(65)30-40(64)61-22-20-58(21-23-61)18-19-59-24-27-70-28-25-59)35(5)38(63)29-37(62)33(3)11-10-12-34(4)52(69)55-47(49(43)67)46(45)57-54/h9-12,26,32-33,35,37-39,56,62-63,66-67H,8,13-25,27-31H2,1-7H3/b11-10+,26-9+,34-12-,55-47?/t33?,35-,37-,38?,39-,53+/m1/s1. The van der Waals surface area contributed by atoms with E-state index in [-0.39, 0.29) is 74.9 Å². The first-order valence-electron chi connectivity index (χ1n) is 26.1. The number of ether oxygens (including phenoxy) is 4. The van der Waals surface area contributed by atoms with Crippen LogP contribution in [0, 0.1) is 24.7 Å². The summed E-state index contributed by atoms with van der Waals surface area (Å²) in [5, 5.41) is 50.5. The monoisotopic (exact) mass is 1010 g/mol. The van der Waals surface area contributed by atoms with Gasteiger partial charge in [0.1, 0.15) is 40.4 Å². The number of fused-ring (bicyclic) bond motifs is 13. The molecule has 5 bridgehead atoms. The van der Waals surface area contributed by atoms with E-state index in [1.54, 1.807) is 50.8 Å². The van der Waals surface area contributed by atoms with Crippen molar-refractivity contribution >= 4 is 40.0 Å². The highest BCUT2D eigenvalue weighted by atomic mass is 16.7. The molecule has 1 spiro atoms. The molecule has 3 saturated heterocycles. The highest BCUT2D eigenvalue weighted by Gasteiger charge is 2.50. The molecule has 19 heteroatoms. The van der Waals surface area contributed by atoms with E-state index in [9.17, 15) is 39.6 Å². The molecule has 0 radical (unpaired) electrons. The van der Waals surface area contributed by atoms with Crippen LogP contribution in [0.15, 0.2) is 46.1 Å². The Labute approximate surface area is 427 Å². The van der Waals surface area contributed by atoms with Crippen molar-refractivity contribution in [3.8, 4) is 17.2 Å². The average Bonchev–Trinajstić information content (AvgIpc) is 3.86. The molecule has 2 aromatic rings. The number of benzene rings is 2. The van der Waals surface area contributed by atoms with Gasteiger partial charge in [-0.05, 0) is 38.7 Å². The van der Waals surface area contributed by atoms with Gasteiger partial charge < -0.3 is 54.5 Å². The lowest BCUT2D eigenvalue weighted by Gasteiger charge is -2.38. The fourth-order valence-corrected chi connectivity index (χ4v) is 10.7. The van der Waals surface area contributed by atoms with Gasteiger partial charge in [0.15, 0.2) is 5.75 Å². The first-order chi connectivity index (χ1) is 34.8. The second-order valence-corrected chi connectivity index (χ2v) is 21.4. The molecule has 0 aliphatic carbocycles. The molecule has 7 aliphatic heterocycles. The Bertz CT molecular complexity index is 2650. The molecule has 2 aromatic carbocycles. The fraction of sp³-hybridized carbons (Fsp3) is 0.630. The lowest BCUT2D eigenvalue weighted by molar-refractivity contribution is -0.158. The molecule has 73 heavy (non-hydrogen) atoms. The lowest BCUT2D eigenvalue weighted by atomic mass is 9.88. The van der Waals surface area contributed by atoms with E-state index in [1.807, 2.05) is 0 Å². The van der Waals surface area contributed by atoms with Crippen LogP contribution >= 0.6 is 0 Å². The number of nitrogens with zero attached hydrogens (tertiary/aromatic N) is 6. The number of aromatic hydroxyl groups is 2. The van der Waals surface area contributed by atoms with E-state index >= 15 is 0 Å². The van der Waals surface area contributed by atoms with Gasteiger partial charge in [0.05, 0.1) is 48.3 Å². The van der Waals surface area contributed by atoms with Gasteiger partial charge in [0.25, 0.3) is 11.7 Å². The van der Waals surface area contributed by atoms with Gasteiger partial charge in [-0.3, -0.25) is 34.0 Å². The van der Waals surface area contributed by atoms with Crippen molar-refractivity contribution in [2.24, 2.45) is 27.7 Å². The van der Waals surface area contributed by atoms with E-state index in [0.717, 1.165) is 59.0 Å². The third-order valence-electron chi connectivity index (χ3n) is 15.5. The molecule has 9 rings (SSSR count). The third kappa shape index (κ3) is 11.8. The number of piperazine rings is 1. The molecule has 0 saturated carbocycles. The van der Waals surface area contributed by atoms with Crippen molar-refractivity contribution in [2.45, 2.75) is 117 Å². The topological polar surface area (TPSA) is 236 Å². The highest BCUT2D eigenvalue weighted by Crippen LogP contribution is 2.51. The smallest absolute Gasteiger partial charge is 0.315 e. The first kappa shape index (κ1) is 53.8. The van der Waals surface area contributed by atoms with Crippen LogP contribution in [0.4, 0.5) is 5.69 Å². The number of hydrogen-bond donors (Lipinski definition) is 5. The van der Waals surface area contributed by atoms with Crippen LogP contribution in [0.1, 0.15) is 96.0 Å². The zero-order chi connectivity index (χ0) is 52.4. The molecule has 2 amide bonds. The fourth-order valence-electron chi connectivity index (χ4n) is 10.7. The molecule has 7 aliphatic rings. The van der Waals surface area contributed by atoms with Gasteiger partial charge in [-0.1, -0.05) is 45.9 Å². The number of phenols is 2. The SMILES string of the molecule is C/C1=C/C=C/C(C)[C@H](O)CC(O)[C@@H](C)[C@H](OC(=O)CC(=O)N2CCN(CCN3CCOCC3)CC2)CC/C=C/O[C@@]2(C)Oc3c(C)c(O)c4c(O)c(c5c(c4c3C2=O)NC2(CCN(CC(C)C)CC2)N=5)=NC1=O. The summed E-state index contributed by atoms with van der Waals surface area (Å²) in [6.07, 6.45) is 5.82. The number of aliphatic hydroxyl groups is 2. The quantitative estimate of drug-likeness (QED) is 0.145. The number of hydrogen-bond acceptors (Lipinski definition) is 17. The molecule has 6 atom stereocenters. The predicted molar refractivity (Wildman–Crippen MR) is 272 cm³/mol. The number of likely N-dealkylation sites (tertiary alicyclic amines) is 1. The van der Waals surface area contributed by atoms with Gasteiger partial charge in [-0.25, -0.2) is 4.99 Å². The van der Waals surface area contributed by atoms with Crippen LogP contribution in [0.3, 0.4) is 0 Å². The second kappa shape index (κ2) is 22.6. The normalized spacial score (nSPS) is 29.2. The minimum Gasteiger partial charge on any atom is -0.507 e. The number of rotatable bonds is 8. The Kier molecular flexibility index (Phi) is 16.7. The molecule has 5 N–H and O–H groups in total. The van der Waals surface area contributed by atoms with Crippen molar-refractivity contribution < 1.29 is 58.6 Å². The summed E-state index contributed by atoms with van der Waals surface area (Å²) in [6, 6.07) is 0. The van der Waals surface area contributed by atoms with E-state index in [4.69, 9.17) is 23.9 Å². The van der Waals surface area contributed by atoms with Crippen LogP contribution in [-0.2, 0) is 28.6 Å². The number of esters is 1. The number of phenolic OH excluding ortho intramolecular Hbond substituents is 2. The zero-order valence-electron chi connectivity index (χ0n) is 43.5. The first-order valence-corrected chi connectivity index (χ1v) is 26.1. The summed E-state index contributed by atoms with van der Waals surface area (Å²) in [4.78, 5) is 74.0. The number of morpholine rings is 1. The largest absolute Gasteiger partial charge is 0.507 e. The van der Waals surface area contributed by atoms with Crippen molar-refractivity contribution in [3.05, 3.63) is 58.0 Å². The maximum absolute atomic E-state index is 14.8. The van der Waals surface area contributed by atoms with Crippen molar-refractivity contribution in [1.82, 2.24) is 19.6 Å². The number of allylic oxidation sites excluding steroid dienone is 3. The number of ketones is 1. The molecule has 2 unspecified atom stereocenters. The Morgan fingerprint density at radius 1 is 0.904 bits per heavy atom. The minimum absolute atomic E-state index is 0.0598. The number of carbonyl (C=O) groups excluding carboxylic acids is 4. The van der Waals surface area contributed by atoms with Gasteiger partial charge >= 0.3 is 11.8 Å². The number of nitrogens with one attached hydrogen (secondary N) is 1. The van der Waals surface area contributed by atoms with E-state index in [1.165, 1.54) is 19.3 Å². The minimum atomic E-state index is -1.93. The predicted octanol–water partition coefficient (Wildman–Crippen LogP) is 3.48. The van der Waals surface area contributed by atoms with Gasteiger partial charge in [-0.2, -0.15) is 0 Å². The maximum atomic E-state index is 14.8. The number of aliphatic hydroxyl groups excluding tert-OH is 2. The number of piperidine rings is 1. The second-order valence-electron chi connectivity index (χ2n) is 21.4. The summed E-state index contributed by atoms with van der Waals surface area (Å²) in [5.41, 5.74) is -0.116. The maximum Gasteiger partial charge on any atom is 0.315 e. The third-order valence-corrected chi connectivity index (χ3v) is 15.5. The Balaban J connectivity index is 1.06. The average molecular weight is 1010 g/mol. The molecule has 398 valence electrons. The molecule has 3 fully saturated rings. The van der Waals surface area contributed by atoms with Crippen LogP contribution in [-0.4, -0.2) is 179 Å². The number of amides is 2. The number of anilines is 1. The van der Waals surface area contributed by atoms with E-state index < -0.39 is 71.4 Å². The summed E-state index contributed by atoms with van der Waals surface area (Å²) < 4.78 is 23.9. The molecular formula is C54H75N7O12. The van der Waals surface area contributed by atoms with Crippen LogP contribution in [0.2, 0.25) is 0 Å². The number of Topliss-reactive ketones (excluding diaryl/α,β-unsaturated/α-hetero) is 1. The summed E-state index contributed by atoms with van der Waals surface area (Å²) >= 11 is 0. The van der Waals surface area contributed by atoms with E-state index in [2.05, 4.69) is 38.9 Å². The molecule has 19 nitrogen and oxygen atoms in total. The van der Waals surface area contributed by atoms with Crippen LogP contribution in [0.5, 0.6) is 17.2 Å². The summed E-state index contributed by atoms with van der Waals surface area (Å²) in [7, 11) is 0. The van der Waals surface area contributed by atoms with Crippen LogP contribution < -0.4 is 20.8 Å². The Hall–Kier alpha value is -5.44. The summed E-state index contributed by atoms with van der Waals surface area (Å²) in [6.45, 7) is 22.3. The Morgan fingerprint density at radius 2 is 1.59 bits per heavy atom. The van der Waals surface area contributed by atoms with E-state index in [0.29, 0.717) is 50.6 Å².